The Morgan fingerprint density at radius 2 is 2.00 bits per heavy atom. The van der Waals surface area contributed by atoms with Gasteiger partial charge in [0, 0.05) is 6.54 Å². The number of hydrogen-bond acceptors (Lipinski definition) is 6. The molecule has 0 saturated carbocycles. The second-order valence-corrected chi connectivity index (χ2v) is 4.76. The monoisotopic (exact) mass is 278 g/mol. The molecule has 1 heterocycles. The molecular formula is C14H18N2O4. The van der Waals surface area contributed by atoms with E-state index in [9.17, 15) is 9.59 Å². The first-order valence-electron chi connectivity index (χ1n) is 6.41. The zero-order valence-corrected chi connectivity index (χ0v) is 11.3. The lowest BCUT2D eigenvalue weighted by Gasteiger charge is -2.15. The lowest BCUT2D eigenvalue weighted by Crippen LogP contribution is -2.41. The number of nitrogens with two attached hydrogens (primary N) is 1. The van der Waals surface area contributed by atoms with Crippen LogP contribution in [0.3, 0.4) is 0 Å². The minimum absolute atomic E-state index is 0.226. The number of esters is 2. The molecule has 0 unspecified atom stereocenters. The highest BCUT2D eigenvalue weighted by molar-refractivity contribution is 5.79. The van der Waals surface area contributed by atoms with Crippen LogP contribution >= 0.6 is 0 Å². The average molecular weight is 278 g/mol. The summed E-state index contributed by atoms with van der Waals surface area (Å²) in [5, 5.41) is 1.33. The van der Waals surface area contributed by atoms with Crippen LogP contribution in [0.1, 0.15) is 12.0 Å². The number of nitrogens with zero attached hydrogens (tertiary/aromatic N) is 1. The molecule has 0 bridgehead atoms. The SMILES string of the molecule is COC(=O)[C@H]1C[C@@H](C(=O)OCc2ccccc2)CN1N. The van der Waals surface area contributed by atoms with E-state index in [0.717, 1.165) is 5.56 Å². The van der Waals surface area contributed by atoms with Crippen molar-refractivity contribution in [3.8, 4) is 0 Å². The Bertz CT molecular complexity index is 477. The highest BCUT2D eigenvalue weighted by atomic mass is 16.5. The third-order valence-electron chi connectivity index (χ3n) is 3.37. The highest BCUT2D eigenvalue weighted by Crippen LogP contribution is 2.22. The molecule has 2 atom stereocenters. The zero-order valence-electron chi connectivity index (χ0n) is 11.3. The van der Waals surface area contributed by atoms with Crippen LogP contribution in [0.25, 0.3) is 0 Å². The van der Waals surface area contributed by atoms with E-state index in [1.807, 2.05) is 30.3 Å². The second kappa shape index (κ2) is 6.49. The Balaban J connectivity index is 1.86. The summed E-state index contributed by atoms with van der Waals surface area (Å²) in [6, 6.07) is 8.86. The Morgan fingerprint density at radius 1 is 1.30 bits per heavy atom. The molecular weight excluding hydrogens is 260 g/mol. The summed E-state index contributed by atoms with van der Waals surface area (Å²) in [5.74, 6) is 4.56. The van der Waals surface area contributed by atoms with Crippen molar-refractivity contribution in [1.82, 2.24) is 5.01 Å². The molecule has 6 heteroatoms. The van der Waals surface area contributed by atoms with Crippen LogP contribution < -0.4 is 5.84 Å². The van der Waals surface area contributed by atoms with Gasteiger partial charge in [-0.1, -0.05) is 30.3 Å². The number of carbonyl (C=O) groups excluding carboxylic acids is 2. The number of hydrazine groups is 1. The van der Waals surface area contributed by atoms with Crippen molar-refractivity contribution in [3.05, 3.63) is 35.9 Å². The van der Waals surface area contributed by atoms with Crippen molar-refractivity contribution in [2.75, 3.05) is 13.7 Å². The van der Waals surface area contributed by atoms with Crippen molar-refractivity contribution in [1.29, 1.82) is 0 Å². The maximum atomic E-state index is 12.0. The van der Waals surface area contributed by atoms with Gasteiger partial charge in [0.2, 0.25) is 0 Å². The summed E-state index contributed by atoms with van der Waals surface area (Å²) in [5.41, 5.74) is 0.924. The molecule has 6 nitrogen and oxygen atoms in total. The third kappa shape index (κ3) is 3.34. The summed E-state index contributed by atoms with van der Waals surface area (Å²) in [6.07, 6.45) is 0.330. The second-order valence-electron chi connectivity index (χ2n) is 4.76. The van der Waals surface area contributed by atoms with E-state index < -0.39 is 17.9 Å². The highest BCUT2D eigenvalue weighted by Gasteiger charge is 2.40. The molecule has 0 aliphatic carbocycles. The smallest absolute Gasteiger partial charge is 0.324 e. The molecule has 108 valence electrons. The number of ether oxygens (including phenoxy) is 2. The Labute approximate surface area is 117 Å². The van der Waals surface area contributed by atoms with Gasteiger partial charge >= 0.3 is 11.9 Å². The summed E-state index contributed by atoms with van der Waals surface area (Å²) in [4.78, 5) is 23.4. The Hall–Kier alpha value is -1.92. The summed E-state index contributed by atoms with van der Waals surface area (Å²) >= 11 is 0. The Kier molecular flexibility index (Phi) is 4.70. The number of rotatable bonds is 4. The molecule has 2 N–H and O–H groups in total. The normalized spacial score (nSPS) is 22.5. The fraction of sp³-hybridized carbons (Fsp3) is 0.429. The molecule has 2 rings (SSSR count). The molecule has 1 saturated heterocycles. The topological polar surface area (TPSA) is 81.9 Å². The van der Waals surface area contributed by atoms with Crippen LogP contribution in [-0.2, 0) is 25.7 Å². The van der Waals surface area contributed by atoms with E-state index in [-0.39, 0.29) is 12.6 Å². The quantitative estimate of drug-likeness (QED) is 0.637. The molecule has 1 aromatic rings. The number of methoxy groups -OCH3 is 1. The number of hydrogen-bond donors (Lipinski definition) is 1. The van der Waals surface area contributed by atoms with Gasteiger partial charge in [0.1, 0.15) is 12.6 Å². The minimum atomic E-state index is -0.575. The molecule has 0 aromatic heterocycles. The van der Waals surface area contributed by atoms with Gasteiger partial charge in [-0.3, -0.25) is 15.4 Å². The molecule has 0 radical (unpaired) electrons. The van der Waals surface area contributed by atoms with Gasteiger partial charge in [0.15, 0.2) is 0 Å². The van der Waals surface area contributed by atoms with Crippen LogP contribution in [0.2, 0.25) is 0 Å². The largest absolute Gasteiger partial charge is 0.468 e. The maximum Gasteiger partial charge on any atom is 0.324 e. The van der Waals surface area contributed by atoms with Gasteiger partial charge in [-0.25, -0.2) is 5.01 Å². The molecule has 20 heavy (non-hydrogen) atoms. The number of benzene rings is 1. The summed E-state index contributed by atoms with van der Waals surface area (Å²) in [7, 11) is 1.30. The van der Waals surface area contributed by atoms with Crippen LogP contribution in [0.4, 0.5) is 0 Å². The number of carbonyl (C=O) groups is 2. The maximum absolute atomic E-state index is 12.0. The van der Waals surface area contributed by atoms with E-state index in [0.29, 0.717) is 13.0 Å². The van der Waals surface area contributed by atoms with Gasteiger partial charge in [0.25, 0.3) is 0 Å². The molecule has 0 amide bonds. The first-order chi connectivity index (χ1) is 9.61. The van der Waals surface area contributed by atoms with Crippen LogP contribution in [0.15, 0.2) is 30.3 Å². The Morgan fingerprint density at radius 3 is 2.65 bits per heavy atom. The van der Waals surface area contributed by atoms with Crippen molar-refractivity contribution in [2.45, 2.75) is 19.1 Å². The zero-order chi connectivity index (χ0) is 14.5. The summed E-state index contributed by atoms with van der Waals surface area (Å²) < 4.78 is 9.90. The van der Waals surface area contributed by atoms with Crippen molar-refractivity contribution in [3.63, 3.8) is 0 Å². The average Bonchev–Trinajstić information content (AvgIpc) is 2.87. The standard InChI is InChI=1S/C14H18N2O4/c1-19-14(18)12-7-11(8-16(12)15)13(17)20-9-10-5-3-2-4-6-10/h2-6,11-12H,7-9,15H2,1H3/t11-,12-/m1/s1. The minimum Gasteiger partial charge on any atom is -0.468 e. The first kappa shape index (κ1) is 14.5. The fourth-order valence-corrected chi connectivity index (χ4v) is 2.25. The molecule has 1 aromatic carbocycles. The van der Waals surface area contributed by atoms with Crippen LogP contribution in [-0.4, -0.2) is 36.6 Å². The van der Waals surface area contributed by atoms with E-state index in [2.05, 4.69) is 4.74 Å². The fourth-order valence-electron chi connectivity index (χ4n) is 2.25. The van der Waals surface area contributed by atoms with Crippen LogP contribution in [0.5, 0.6) is 0 Å². The van der Waals surface area contributed by atoms with Gasteiger partial charge in [-0.2, -0.15) is 0 Å². The summed E-state index contributed by atoms with van der Waals surface area (Å²) in [6.45, 7) is 0.525. The molecule has 0 spiro atoms. The van der Waals surface area contributed by atoms with Gasteiger partial charge in [0.05, 0.1) is 13.0 Å². The van der Waals surface area contributed by atoms with Crippen molar-refractivity contribution in [2.24, 2.45) is 11.8 Å². The molecule has 1 fully saturated rings. The predicted molar refractivity (Wildman–Crippen MR) is 71.0 cm³/mol. The van der Waals surface area contributed by atoms with Crippen LogP contribution in [0, 0.1) is 5.92 Å². The van der Waals surface area contributed by atoms with Crippen molar-refractivity contribution >= 4 is 11.9 Å². The predicted octanol–water partition coefficient (Wildman–Crippen LogP) is 0.467. The lowest BCUT2D eigenvalue weighted by atomic mass is 10.1. The van der Waals surface area contributed by atoms with E-state index in [1.54, 1.807) is 0 Å². The first-order valence-corrected chi connectivity index (χ1v) is 6.41. The lowest BCUT2D eigenvalue weighted by molar-refractivity contribution is -0.149. The van der Waals surface area contributed by atoms with E-state index in [1.165, 1.54) is 12.1 Å². The van der Waals surface area contributed by atoms with Crippen molar-refractivity contribution < 1.29 is 19.1 Å². The van der Waals surface area contributed by atoms with E-state index >= 15 is 0 Å². The third-order valence-corrected chi connectivity index (χ3v) is 3.37. The van der Waals surface area contributed by atoms with Gasteiger partial charge in [-0.05, 0) is 12.0 Å². The van der Waals surface area contributed by atoms with Gasteiger partial charge in [-0.15, -0.1) is 0 Å². The molecule has 1 aliphatic rings. The van der Waals surface area contributed by atoms with E-state index in [4.69, 9.17) is 10.6 Å². The molecule has 1 aliphatic heterocycles. The van der Waals surface area contributed by atoms with Gasteiger partial charge < -0.3 is 9.47 Å².